The van der Waals surface area contributed by atoms with Crippen molar-refractivity contribution >= 4 is 0 Å². The van der Waals surface area contributed by atoms with E-state index in [4.69, 9.17) is 0 Å². The molecular weight excluding hydrogens is 223 g/mol. The van der Waals surface area contributed by atoms with E-state index < -0.39 is 21.8 Å². The molecule has 0 fully saturated rings. The van der Waals surface area contributed by atoms with Gasteiger partial charge in [-0.25, -0.2) is 0 Å². The zero-order valence-corrected chi connectivity index (χ0v) is 10.7. The first kappa shape index (κ1) is 10.4. The van der Waals surface area contributed by atoms with Crippen molar-refractivity contribution in [2.24, 2.45) is 0 Å². The van der Waals surface area contributed by atoms with E-state index in [2.05, 4.69) is 32.1 Å². The van der Waals surface area contributed by atoms with Gasteiger partial charge in [0, 0.05) is 0 Å². The maximum atomic E-state index is 2.40. The Kier molecular flexibility index (Phi) is 5.15. The van der Waals surface area contributed by atoms with Crippen LogP contribution in [0, 0.1) is 0 Å². The average Bonchev–Trinajstić information content (AvgIpc) is 2.56. The summed E-state index contributed by atoms with van der Waals surface area (Å²) >= 11 is -1.05. The summed E-state index contributed by atoms with van der Waals surface area (Å²) in [6.07, 6.45) is 11.1. The van der Waals surface area contributed by atoms with Crippen LogP contribution in [0.1, 0.15) is 33.1 Å². The van der Waals surface area contributed by atoms with E-state index >= 15 is 0 Å². The van der Waals surface area contributed by atoms with Crippen molar-refractivity contribution in [1.29, 1.82) is 0 Å². The third-order valence-corrected chi connectivity index (χ3v) is 10.9. The summed E-state index contributed by atoms with van der Waals surface area (Å²) < 4.78 is 5.01. The summed E-state index contributed by atoms with van der Waals surface area (Å²) in [5.74, 6) is 0. The Balaban J connectivity index is 2.41. The second kappa shape index (κ2) is 5.92. The minimum atomic E-state index is -1.05. The molecule has 67 valence electrons. The van der Waals surface area contributed by atoms with Gasteiger partial charge in [0.1, 0.15) is 0 Å². The van der Waals surface area contributed by atoms with Crippen molar-refractivity contribution in [2.75, 3.05) is 0 Å². The molecule has 0 saturated heterocycles. The Morgan fingerprint density at radius 3 is 2.33 bits per heavy atom. The van der Waals surface area contributed by atoms with E-state index in [0.717, 1.165) is 0 Å². The van der Waals surface area contributed by atoms with Crippen LogP contribution in [0.15, 0.2) is 21.5 Å². The van der Waals surface area contributed by atoms with Crippen LogP contribution in [0.25, 0.3) is 0 Å². The molecule has 0 aromatic heterocycles. The predicted molar refractivity (Wildman–Crippen MR) is 52.0 cm³/mol. The molecule has 0 amide bonds. The summed E-state index contributed by atoms with van der Waals surface area (Å²) in [6, 6.07) is 0. The Morgan fingerprint density at radius 2 is 1.92 bits per heavy atom. The molecule has 0 atom stereocenters. The van der Waals surface area contributed by atoms with Crippen molar-refractivity contribution in [1.82, 2.24) is 0 Å². The topological polar surface area (TPSA) is 0 Å². The van der Waals surface area contributed by atoms with Gasteiger partial charge in [-0.1, -0.05) is 0 Å². The second-order valence-electron chi connectivity index (χ2n) is 3.43. The third kappa shape index (κ3) is 3.01. The van der Waals surface area contributed by atoms with Crippen molar-refractivity contribution in [2.45, 2.75) is 41.4 Å². The van der Waals surface area contributed by atoms with E-state index in [1.165, 1.54) is 19.3 Å². The summed E-state index contributed by atoms with van der Waals surface area (Å²) in [6.45, 7) is 4.66. The molecule has 0 nitrogen and oxygen atoms in total. The van der Waals surface area contributed by atoms with E-state index in [1.807, 2.05) is 3.28 Å². The molecule has 12 heavy (non-hydrogen) atoms. The van der Waals surface area contributed by atoms with Gasteiger partial charge in [-0.15, -0.1) is 0 Å². The molecule has 1 aliphatic carbocycles. The molecule has 0 unspecified atom stereocenters. The van der Waals surface area contributed by atoms with Crippen LogP contribution in [0.4, 0.5) is 0 Å². The van der Waals surface area contributed by atoms with E-state index in [0.29, 0.717) is 0 Å². The molecule has 0 bridgehead atoms. The van der Waals surface area contributed by atoms with Crippen molar-refractivity contribution in [3.63, 3.8) is 0 Å². The SMILES string of the molecule is CC[CH2][Zr]([CH2]CC)[C]1=CC=CC1. The fraction of sp³-hybridized carbons (Fsp3) is 0.636. The first-order valence-electron chi connectivity index (χ1n) is 5.09. The quantitative estimate of drug-likeness (QED) is 0.681. The van der Waals surface area contributed by atoms with Gasteiger partial charge in [0.15, 0.2) is 0 Å². The molecule has 0 saturated carbocycles. The number of rotatable bonds is 5. The van der Waals surface area contributed by atoms with E-state index in [9.17, 15) is 0 Å². The zero-order valence-electron chi connectivity index (χ0n) is 8.27. The van der Waals surface area contributed by atoms with Gasteiger partial charge in [0.25, 0.3) is 0 Å². The van der Waals surface area contributed by atoms with Crippen molar-refractivity contribution in [3.8, 4) is 0 Å². The van der Waals surface area contributed by atoms with E-state index in [-0.39, 0.29) is 0 Å². The molecular formula is C11H19Zr. The van der Waals surface area contributed by atoms with Crippen LogP contribution in [-0.2, 0) is 21.8 Å². The zero-order chi connectivity index (χ0) is 8.81. The minimum absolute atomic E-state index is 1.05. The van der Waals surface area contributed by atoms with Crippen molar-refractivity contribution in [3.05, 3.63) is 21.5 Å². The normalized spacial score (nSPS) is 15.0. The van der Waals surface area contributed by atoms with Gasteiger partial charge in [-0.2, -0.15) is 0 Å². The summed E-state index contributed by atoms with van der Waals surface area (Å²) in [5.41, 5.74) is 0. The fourth-order valence-corrected chi connectivity index (χ4v) is 8.73. The number of allylic oxidation sites excluding steroid dienone is 4. The van der Waals surface area contributed by atoms with Crippen LogP contribution < -0.4 is 0 Å². The van der Waals surface area contributed by atoms with Crippen molar-refractivity contribution < 1.29 is 21.8 Å². The Bertz CT molecular complexity index is 173. The van der Waals surface area contributed by atoms with Gasteiger partial charge < -0.3 is 0 Å². The summed E-state index contributed by atoms with van der Waals surface area (Å²) in [4.78, 5) is 0. The van der Waals surface area contributed by atoms with Crippen LogP contribution in [0.5, 0.6) is 0 Å². The molecule has 0 aromatic rings. The van der Waals surface area contributed by atoms with Gasteiger partial charge >= 0.3 is 84.6 Å². The van der Waals surface area contributed by atoms with Gasteiger partial charge in [0.05, 0.1) is 0 Å². The van der Waals surface area contributed by atoms with Crippen LogP contribution in [-0.4, -0.2) is 0 Å². The Hall–Kier alpha value is 0.363. The molecule has 1 heteroatoms. The molecule has 0 aliphatic heterocycles. The number of hydrogen-bond acceptors (Lipinski definition) is 0. The average molecular weight is 242 g/mol. The monoisotopic (exact) mass is 241 g/mol. The Morgan fingerprint density at radius 1 is 1.25 bits per heavy atom. The number of hydrogen-bond donors (Lipinski definition) is 0. The first-order chi connectivity index (χ1) is 5.88. The van der Waals surface area contributed by atoms with Gasteiger partial charge in [0.2, 0.25) is 0 Å². The fourth-order valence-electron chi connectivity index (χ4n) is 1.76. The van der Waals surface area contributed by atoms with Crippen LogP contribution >= 0.6 is 0 Å². The van der Waals surface area contributed by atoms with Gasteiger partial charge in [-0.3, -0.25) is 0 Å². The maximum absolute atomic E-state index is 2.40. The second-order valence-corrected chi connectivity index (χ2v) is 10.4. The molecule has 0 aromatic carbocycles. The summed E-state index contributed by atoms with van der Waals surface area (Å²) in [5, 5.41) is 0. The molecule has 0 spiro atoms. The molecule has 0 radical (unpaired) electrons. The predicted octanol–water partition coefficient (Wildman–Crippen LogP) is 4.11. The Labute approximate surface area is 84.4 Å². The molecule has 0 N–H and O–H groups in total. The van der Waals surface area contributed by atoms with Crippen LogP contribution in [0.2, 0.25) is 8.26 Å². The first-order valence-corrected chi connectivity index (χ1v) is 9.79. The molecule has 0 heterocycles. The standard InChI is InChI=1S/C5H5.2C3H7.Zr/c1-2-4-5-3-1;2*1-3-2;/h1-3H,4H2;2*1,3H2,2H3;. The van der Waals surface area contributed by atoms with Gasteiger partial charge in [-0.05, 0) is 0 Å². The third-order valence-electron chi connectivity index (χ3n) is 2.33. The van der Waals surface area contributed by atoms with Crippen LogP contribution in [0.3, 0.4) is 0 Å². The molecule has 1 aliphatic rings. The molecule has 1 rings (SSSR count). The van der Waals surface area contributed by atoms with E-state index in [1.54, 1.807) is 8.26 Å². The summed E-state index contributed by atoms with van der Waals surface area (Å²) in [7, 11) is 0.